The van der Waals surface area contributed by atoms with Gasteiger partial charge in [0.2, 0.25) is 11.6 Å². The van der Waals surface area contributed by atoms with Gasteiger partial charge < -0.3 is 18.9 Å². The molecule has 10 rings (SSSR count). The summed E-state index contributed by atoms with van der Waals surface area (Å²) in [5.74, 6) is 7.08. The van der Waals surface area contributed by atoms with E-state index < -0.39 is 22.8 Å². The molecule has 0 aromatic carbocycles. The predicted octanol–water partition coefficient (Wildman–Crippen LogP) is 8.12. The molecule has 0 N–H and O–H groups in total. The summed E-state index contributed by atoms with van der Waals surface area (Å²) >= 11 is 4.16. The third-order valence-electron chi connectivity index (χ3n) is 14.3. The predicted molar refractivity (Wildman–Crippen MR) is 182 cm³/mol. The number of fused-ring (bicyclic) bond motifs is 4. The van der Waals surface area contributed by atoms with Crippen LogP contribution in [0.25, 0.3) is 0 Å². The van der Waals surface area contributed by atoms with E-state index in [0.717, 1.165) is 50.0 Å². The summed E-state index contributed by atoms with van der Waals surface area (Å²) in [7, 11) is 0. The average molecular weight is 697 g/mol. The molecule has 47 heavy (non-hydrogen) atoms. The molecule has 8 aliphatic heterocycles. The van der Waals surface area contributed by atoms with Crippen LogP contribution in [0.2, 0.25) is 0 Å². The zero-order chi connectivity index (χ0) is 32.6. The summed E-state index contributed by atoms with van der Waals surface area (Å²) in [6, 6.07) is 0. The van der Waals surface area contributed by atoms with Crippen molar-refractivity contribution in [2.45, 2.75) is 160 Å². The van der Waals surface area contributed by atoms with Crippen LogP contribution < -0.4 is 0 Å². The van der Waals surface area contributed by atoms with Gasteiger partial charge in [0, 0.05) is 24.7 Å². The summed E-state index contributed by atoms with van der Waals surface area (Å²) in [4.78, 5) is 24.6. The maximum Gasteiger partial charge on any atom is 0.201 e. The molecule has 8 saturated heterocycles. The van der Waals surface area contributed by atoms with Gasteiger partial charge in [-0.15, -0.1) is 0 Å². The van der Waals surface area contributed by atoms with Crippen molar-refractivity contribution in [1.82, 2.24) is 0 Å². The van der Waals surface area contributed by atoms with Crippen LogP contribution in [0.5, 0.6) is 0 Å². The largest absolute Gasteiger partial charge is 0.346 e. The van der Waals surface area contributed by atoms with Gasteiger partial charge in [-0.2, -0.15) is 23.5 Å². The van der Waals surface area contributed by atoms with Gasteiger partial charge >= 0.3 is 0 Å². The molecule has 4 bridgehead atoms. The van der Waals surface area contributed by atoms with Crippen molar-refractivity contribution in [3.8, 4) is 0 Å². The number of ether oxygens (including phenoxy) is 4. The molecule has 8 nitrogen and oxygen atoms in total. The van der Waals surface area contributed by atoms with Crippen molar-refractivity contribution in [3.05, 3.63) is 0 Å². The number of hydrogen-bond donors (Lipinski definition) is 0. The van der Waals surface area contributed by atoms with Gasteiger partial charge in [-0.05, 0) is 130 Å². The van der Waals surface area contributed by atoms with Gasteiger partial charge in [-0.25, -0.2) is 19.6 Å². The Morgan fingerprint density at radius 3 is 1.43 bits per heavy atom. The topological polar surface area (TPSA) is 73.8 Å². The van der Waals surface area contributed by atoms with Crippen LogP contribution in [0, 0.1) is 47.3 Å². The Kier molecular flexibility index (Phi) is 9.61. The second-order valence-electron chi connectivity index (χ2n) is 17.0. The summed E-state index contributed by atoms with van der Waals surface area (Å²) < 4.78 is 26.7. The molecule has 10 heteroatoms. The molecule has 2 saturated carbocycles. The quantitative estimate of drug-likeness (QED) is 0.165. The van der Waals surface area contributed by atoms with Crippen molar-refractivity contribution < 1.29 is 38.5 Å². The monoisotopic (exact) mass is 696 g/mol. The summed E-state index contributed by atoms with van der Waals surface area (Å²) in [6.07, 6.45) is 11.9. The first-order valence-electron chi connectivity index (χ1n) is 19.1. The first-order valence-corrected chi connectivity index (χ1v) is 21.5. The van der Waals surface area contributed by atoms with E-state index in [0.29, 0.717) is 47.3 Å². The van der Waals surface area contributed by atoms with E-state index in [-0.39, 0.29) is 24.8 Å². The van der Waals surface area contributed by atoms with Gasteiger partial charge in [0.15, 0.2) is 23.8 Å². The van der Waals surface area contributed by atoms with E-state index in [1.807, 2.05) is 13.8 Å². The minimum absolute atomic E-state index is 0.213. The Labute approximate surface area is 291 Å². The highest BCUT2D eigenvalue weighted by molar-refractivity contribution is 8.00. The van der Waals surface area contributed by atoms with Crippen LogP contribution in [-0.2, 0) is 38.5 Å². The molecule has 8 heterocycles. The van der Waals surface area contributed by atoms with E-state index in [2.05, 4.69) is 51.2 Å². The lowest BCUT2D eigenvalue weighted by molar-refractivity contribution is -0.571. The van der Waals surface area contributed by atoms with Gasteiger partial charge in [-0.3, -0.25) is 0 Å². The maximum absolute atomic E-state index is 6.79. The van der Waals surface area contributed by atoms with Crippen molar-refractivity contribution >= 4 is 23.5 Å². The molecule has 0 amide bonds. The normalized spacial score (nSPS) is 54.8. The lowest BCUT2D eigenvalue weighted by atomic mass is 9.57. The molecular formula is C37H60O8S2. The molecule has 268 valence electrons. The average Bonchev–Trinajstić information content (AvgIpc) is 3.42. The summed E-state index contributed by atoms with van der Waals surface area (Å²) in [5.41, 5.74) is -0.897. The minimum atomic E-state index is -0.694. The van der Waals surface area contributed by atoms with Crippen LogP contribution in [0.3, 0.4) is 0 Å². The van der Waals surface area contributed by atoms with Crippen molar-refractivity contribution in [1.29, 1.82) is 0 Å². The molecule has 0 aromatic heterocycles. The summed E-state index contributed by atoms with van der Waals surface area (Å²) in [6.45, 7) is 13.6. The standard InChI is InChI=1S/C37H60O8S2/c1-22-8-10-28-24(3)30(38-32-36(28)26(22)12-16-34(5,40-32)42-44-36)14-20-46-18-7-19-47-21-15-31-25(4)29-11-9-23(2)27-13-17-35(6)41-33(39-31)37(27,29)45-43-35/h22-33H,7-21H2,1-6H3/t22-,23-,24-,25-,26+,27+,28+,29+,30-,31-,32-,33-,34?,35?,36-,37-/m1/s1. The number of rotatable bonds is 10. The van der Waals surface area contributed by atoms with Crippen molar-refractivity contribution in [2.24, 2.45) is 47.3 Å². The molecule has 16 atom stereocenters. The van der Waals surface area contributed by atoms with Gasteiger partial charge in [0.1, 0.15) is 0 Å². The van der Waals surface area contributed by atoms with Crippen LogP contribution >= 0.6 is 23.5 Å². The third-order valence-corrected chi connectivity index (χ3v) is 16.5. The lowest BCUT2D eigenvalue weighted by Crippen LogP contribution is -2.70. The maximum atomic E-state index is 6.79. The van der Waals surface area contributed by atoms with E-state index in [1.165, 1.54) is 43.6 Å². The van der Waals surface area contributed by atoms with Gasteiger partial charge in [0.05, 0.1) is 12.2 Å². The molecule has 0 aromatic rings. The first kappa shape index (κ1) is 34.5. The highest BCUT2D eigenvalue weighted by Gasteiger charge is 2.70. The Morgan fingerprint density at radius 2 is 0.979 bits per heavy atom. The van der Waals surface area contributed by atoms with E-state index in [4.69, 9.17) is 38.5 Å². The minimum Gasteiger partial charge on any atom is -0.346 e. The van der Waals surface area contributed by atoms with E-state index in [9.17, 15) is 0 Å². The van der Waals surface area contributed by atoms with E-state index >= 15 is 0 Å². The Hall–Kier alpha value is 0.380. The van der Waals surface area contributed by atoms with Crippen LogP contribution in [-0.4, -0.2) is 70.6 Å². The Balaban J connectivity index is 0.773. The molecule has 2 unspecified atom stereocenters. The van der Waals surface area contributed by atoms with E-state index in [1.54, 1.807) is 0 Å². The molecular weight excluding hydrogens is 637 g/mol. The highest BCUT2D eigenvalue weighted by Crippen LogP contribution is 2.62. The Bertz CT molecular complexity index is 1050. The SMILES string of the molecule is C[C@H]1[C@@H](CCSCCCSCC[C@H]2O[C@@H]3OC4(C)CC[C@H]5[C@H](C)CC[C@@H]([C@H]2C)[C@@]35OO4)O[C@@H]2OC3(C)CC[C@H]4[C@H](C)CC[C@@H]1[C@@]24OO3. The van der Waals surface area contributed by atoms with Gasteiger partial charge in [-0.1, -0.05) is 27.7 Å². The third kappa shape index (κ3) is 5.72. The lowest BCUT2D eigenvalue weighted by Gasteiger charge is -2.60. The van der Waals surface area contributed by atoms with Crippen LogP contribution in [0.4, 0.5) is 0 Å². The molecule has 10 aliphatic rings. The van der Waals surface area contributed by atoms with Crippen molar-refractivity contribution in [2.75, 3.05) is 23.0 Å². The second kappa shape index (κ2) is 13.1. The van der Waals surface area contributed by atoms with Gasteiger partial charge in [0.25, 0.3) is 0 Å². The highest BCUT2D eigenvalue weighted by atomic mass is 32.2. The van der Waals surface area contributed by atoms with Crippen molar-refractivity contribution in [3.63, 3.8) is 0 Å². The Morgan fingerprint density at radius 1 is 0.532 bits per heavy atom. The molecule has 2 spiro atoms. The molecule has 10 fully saturated rings. The fourth-order valence-corrected chi connectivity index (χ4v) is 13.6. The fraction of sp³-hybridized carbons (Fsp3) is 1.00. The van der Waals surface area contributed by atoms with Crippen LogP contribution in [0.1, 0.15) is 112 Å². The number of thioether (sulfide) groups is 2. The zero-order valence-corrected chi connectivity index (χ0v) is 31.3. The smallest absolute Gasteiger partial charge is 0.201 e. The zero-order valence-electron chi connectivity index (χ0n) is 29.6. The fourth-order valence-electron chi connectivity index (χ4n) is 11.5. The molecule has 0 radical (unpaired) electrons. The second-order valence-corrected chi connectivity index (χ2v) is 19.5. The first-order chi connectivity index (χ1) is 22.6. The number of hydrogen-bond acceptors (Lipinski definition) is 10. The van der Waals surface area contributed by atoms with Crippen LogP contribution in [0.15, 0.2) is 0 Å². The molecule has 2 aliphatic carbocycles. The summed E-state index contributed by atoms with van der Waals surface area (Å²) in [5, 5.41) is 0.